The smallest absolute Gasteiger partial charge is 0.364 e. The van der Waals surface area contributed by atoms with Crippen molar-refractivity contribution in [3.63, 3.8) is 0 Å². The van der Waals surface area contributed by atoms with E-state index in [2.05, 4.69) is 55.5 Å². The van der Waals surface area contributed by atoms with Gasteiger partial charge in [-0.1, -0.05) is 37.7 Å². The quantitative estimate of drug-likeness (QED) is 0.150. The van der Waals surface area contributed by atoms with Crippen molar-refractivity contribution in [1.82, 2.24) is 40.1 Å². The number of hydrogen-bond acceptors (Lipinski definition) is 19. The minimum absolute atomic E-state index is 0.0949. The molecule has 25 heteroatoms. The highest BCUT2D eigenvalue weighted by atomic mass is 32.2. The van der Waals surface area contributed by atoms with Gasteiger partial charge in [0.05, 0.1) is 41.8 Å². The lowest BCUT2D eigenvalue weighted by Crippen LogP contribution is -2.31. The van der Waals surface area contributed by atoms with E-state index in [1.54, 1.807) is 12.1 Å². The second-order valence-corrected chi connectivity index (χ2v) is 16.9. The molecule has 0 spiro atoms. The SMILES string of the molecule is CO/N=S(\C)CCNc1nonc1-c1noc(=O)n1C1Cc2ccc(F)cc21.CON=S(C)(=O)CCNc1nonc1-c1noc(=O)n1C1Cc2ccc(F)cc21. The van der Waals surface area contributed by atoms with Gasteiger partial charge in [-0.2, -0.15) is 0 Å². The van der Waals surface area contributed by atoms with Gasteiger partial charge >= 0.3 is 11.5 Å². The molecule has 0 saturated carbocycles. The number of benzene rings is 2. The molecule has 0 amide bonds. The van der Waals surface area contributed by atoms with Gasteiger partial charge < -0.3 is 10.6 Å². The van der Waals surface area contributed by atoms with Gasteiger partial charge in [0.25, 0.3) is 0 Å². The van der Waals surface area contributed by atoms with Gasteiger partial charge in [0.2, 0.25) is 23.3 Å². The summed E-state index contributed by atoms with van der Waals surface area (Å²) in [5.41, 5.74) is 3.69. The molecule has 57 heavy (non-hydrogen) atoms. The van der Waals surface area contributed by atoms with Crippen molar-refractivity contribution in [3.05, 3.63) is 91.4 Å². The van der Waals surface area contributed by atoms with Gasteiger partial charge in [0.15, 0.2) is 11.4 Å². The van der Waals surface area contributed by atoms with Crippen LogP contribution in [0.2, 0.25) is 0 Å². The minimum Gasteiger partial charge on any atom is -0.364 e. The number of fused-ring (bicyclic) bond motifs is 2. The van der Waals surface area contributed by atoms with Crippen molar-refractivity contribution in [1.29, 1.82) is 0 Å². The van der Waals surface area contributed by atoms with Gasteiger partial charge in [-0.3, -0.25) is 9.05 Å². The fourth-order valence-corrected chi connectivity index (χ4v) is 7.87. The van der Waals surface area contributed by atoms with E-state index < -0.39 is 33.1 Å². The maximum Gasteiger partial charge on any atom is 0.442 e. The molecule has 2 aromatic carbocycles. The lowest BCUT2D eigenvalue weighted by Gasteiger charge is -2.30. The number of anilines is 2. The van der Waals surface area contributed by atoms with Crippen molar-refractivity contribution < 1.29 is 41.0 Å². The van der Waals surface area contributed by atoms with Gasteiger partial charge in [-0.15, -0.1) is 4.53 Å². The topological polar surface area (TPSA) is 258 Å². The Hall–Kier alpha value is -5.92. The molecule has 4 heterocycles. The molecular weight excluding hydrogens is 799 g/mol. The molecule has 4 atom stereocenters. The molecule has 8 rings (SSSR count). The third kappa shape index (κ3) is 8.30. The van der Waals surface area contributed by atoms with Crippen molar-refractivity contribution in [2.75, 3.05) is 62.0 Å². The predicted octanol–water partition coefficient (Wildman–Crippen LogP) is 2.82. The molecule has 2 aliphatic carbocycles. The standard InChI is InChI=1S/C16H17FN6O5S.C16H17FN6O4S/c1-26-22-29(2,25)6-5-18-14-13(19-28-20-14)15-21-27-16(24)23(15)12-7-9-3-4-10(17)8-11(9)12;1-25-22-28(2)6-5-18-14-13(19-27-20-14)15-21-26-16(24)23(15)12-7-9-3-4-10(17)8-11(9)12/h3-4,8,12H,5-7H2,1-2H3,(H,18,20);3-4,8,12H,5-7H2,1-2H3,(H,18,20). The number of halogens is 2. The average Bonchev–Trinajstić information content (AvgIpc) is 3.97. The maximum atomic E-state index is 13.6. The van der Waals surface area contributed by atoms with E-state index >= 15 is 0 Å². The molecule has 4 aromatic heterocycles. The second kappa shape index (κ2) is 16.7. The molecule has 4 unspecified atom stereocenters. The number of hydrogen-bond donors (Lipinski definition) is 2. The molecule has 21 nitrogen and oxygen atoms in total. The van der Waals surface area contributed by atoms with E-state index in [1.165, 1.54) is 53.9 Å². The zero-order valence-corrected chi connectivity index (χ0v) is 32.2. The van der Waals surface area contributed by atoms with Gasteiger partial charge in [0.1, 0.15) is 11.6 Å². The summed E-state index contributed by atoms with van der Waals surface area (Å²) in [6.45, 7) is 0.760. The summed E-state index contributed by atoms with van der Waals surface area (Å²) in [5, 5.41) is 28.9. The number of rotatable bonds is 14. The van der Waals surface area contributed by atoms with Crippen LogP contribution in [0.5, 0.6) is 0 Å². The Morgan fingerprint density at radius 3 is 1.81 bits per heavy atom. The first kappa shape index (κ1) is 39.3. The van der Waals surface area contributed by atoms with Crippen LogP contribution in [-0.2, 0) is 42.9 Å². The number of aromatic nitrogens is 8. The zero-order valence-electron chi connectivity index (χ0n) is 30.6. The molecule has 2 N–H and O–H groups in total. The Bertz CT molecular complexity index is 2680. The summed E-state index contributed by atoms with van der Waals surface area (Å²) in [5.74, 6) is -0.445. The second-order valence-electron chi connectivity index (χ2n) is 12.7. The van der Waals surface area contributed by atoms with Crippen molar-refractivity contribution >= 4 is 32.1 Å². The van der Waals surface area contributed by atoms with Gasteiger partial charge in [-0.05, 0) is 86.2 Å². The summed E-state index contributed by atoms with van der Waals surface area (Å²) in [6, 6.07) is 8.12. The Labute approximate surface area is 322 Å². The summed E-state index contributed by atoms with van der Waals surface area (Å²) in [4.78, 5) is 33.9. The molecule has 0 radical (unpaired) electrons. The van der Waals surface area contributed by atoms with E-state index in [0.29, 0.717) is 42.1 Å². The van der Waals surface area contributed by atoms with Crippen LogP contribution in [-0.4, -0.2) is 95.6 Å². The van der Waals surface area contributed by atoms with Crippen LogP contribution < -0.4 is 22.1 Å². The molecule has 2 aliphatic rings. The molecule has 0 saturated heterocycles. The van der Waals surface area contributed by atoms with E-state index in [9.17, 15) is 22.6 Å². The summed E-state index contributed by atoms with van der Waals surface area (Å²) in [6.07, 6.45) is 4.49. The van der Waals surface area contributed by atoms with Crippen LogP contribution in [0.4, 0.5) is 20.4 Å². The van der Waals surface area contributed by atoms with Crippen LogP contribution in [0, 0.1) is 11.6 Å². The highest BCUT2D eigenvalue weighted by molar-refractivity contribution is 7.92. The Kier molecular flexibility index (Phi) is 11.5. The normalized spacial score (nSPS) is 16.9. The van der Waals surface area contributed by atoms with Crippen LogP contribution in [0.1, 0.15) is 34.3 Å². The number of nitrogens with one attached hydrogen (secondary N) is 2. The zero-order chi connectivity index (χ0) is 40.3. The van der Waals surface area contributed by atoms with Crippen LogP contribution in [0.3, 0.4) is 0 Å². The van der Waals surface area contributed by atoms with E-state index in [4.69, 9.17) is 23.1 Å². The van der Waals surface area contributed by atoms with Crippen LogP contribution in [0.15, 0.2) is 73.3 Å². The Morgan fingerprint density at radius 2 is 1.32 bits per heavy atom. The summed E-state index contributed by atoms with van der Waals surface area (Å²) in [7, 11) is 0.0301. The van der Waals surface area contributed by atoms with Crippen molar-refractivity contribution in [2.45, 2.75) is 24.9 Å². The lowest BCUT2D eigenvalue weighted by atomic mass is 9.83. The van der Waals surface area contributed by atoms with Crippen molar-refractivity contribution in [3.8, 4) is 23.0 Å². The van der Waals surface area contributed by atoms with E-state index in [1.807, 2.05) is 6.26 Å². The third-order valence-corrected chi connectivity index (χ3v) is 11.6. The van der Waals surface area contributed by atoms with E-state index in [0.717, 1.165) is 11.1 Å². The summed E-state index contributed by atoms with van der Waals surface area (Å²) >= 11 is 0. The minimum atomic E-state index is -2.53. The predicted molar refractivity (Wildman–Crippen MR) is 198 cm³/mol. The third-order valence-electron chi connectivity index (χ3n) is 8.95. The first-order valence-corrected chi connectivity index (χ1v) is 20.8. The highest BCUT2D eigenvalue weighted by Gasteiger charge is 2.36. The van der Waals surface area contributed by atoms with Crippen LogP contribution >= 0.6 is 0 Å². The van der Waals surface area contributed by atoms with Crippen LogP contribution in [0.25, 0.3) is 23.0 Å². The molecule has 6 aromatic rings. The van der Waals surface area contributed by atoms with Gasteiger partial charge in [0, 0.05) is 25.1 Å². The lowest BCUT2D eigenvalue weighted by molar-refractivity contribution is 0.218. The Balaban J connectivity index is 0.000000174. The molecular formula is C32H34F2N12O9S2. The molecule has 302 valence electrons. The fraction of sp³-hybridized carbons (Fsp3) is 0.375. The number of nitrogens with zero attached hydrogens (tertiary/aromatic N) is 10. The monoisotopic (exact) mass is 832 g/mol. The van der Waals surface area contributed by atoms with Gasteiger partial charge in [-0.25, -0.2) is 50.6 Å². The van der Waals surface area contributed by atoms with Crippen molar-refractivity contribution in [2.24, 2.45) is 9.05 Å². The molecule has 0 bridgehead atoms. The first-order valence-electron chi connectivity index (χ1n) is 16.9. The first-order chi connectivity index (χ1) is 27.5. The maximum absolute atomic E-state index is 13.6. The molecule has 0 aliphatic heterocycles. The largest absolute Gasteiger partial charge is 0.442 e. The Morgan fingerprint density at radius 1 is 0.807 bits per heavy atom. The highest BCUT2D eigenvalue weighted by Crippen LogP contribution is 2.39. The fourth-order valence-electron chi connectivity index (χ4n) is 6.27. The average molecular weight is 833 g/mol. The van der Waals surface area contributed by atoms with E-state index in [-0.39, 0.29) is 63.7 Å². The molecule has 0 fully saturated rings. The summed E-state index contributed by atoms with van der Waals surface area (Å²) < 4.78 is 68.7.